The number of hydrogen-bond acceptors (Lipinski definition) is 3. The van der Waals surface area contributed by atoms with E-state index >= 15 is 0 Å². The Morgan fingerprint density at radius 1 is 1.10 bits per heavy atom. The molecule has 1 aromatic carbocycles. The number of sulfonamides is 1. The molecule has 0 unspecified atom stereocenters. The van der Waals surface area contributed by atoms with Crippen molar-refractivity contribution >= 4 is 15.7 Å². The molecule has 0 bridgehead atoms. The lowest BCUT2D eigenvalue weighted by molar-refractivity contribution is -0.137. The van der Waals surface area contributed by atoms with Crippen molar-refractivity contribution in [2.75, 3.05) is 17.6 Å². The lowest BCUT2D eigenvalue weighted by atomic mass is 9.86. The topological polar surface area (TPSA) is 63.1 Å². The summed E-state index contributed by atoms with van der Waals surface area (Å²) in [7, 11) is -3.21. The van der Waals surface area contributed by atoms with Gasteiger partial charge in [-0.3, -0.25) is 0 Å². The van der Waals surface area contributed by atoms with Gasteiger partial charge in [0.25, 0.3) is 0 Å². The van der Waals surface area contributed by atoms with Crippen molar-refractivity contribution in [2.24, 2.45) is 5.92 Å². The maximum absolute atomic E-state index is 13.5. The monoisotopic (exact) mass is 429 g/mol. The number of benzene rings is 1. The van der Waals surface area contributed by atoms with Crippen molar-refractivity contribution in [3.8, 4) is 5.69 Å². The molecule has 5 nitrogen and oxygen atoms in total. The van der Waals surface area contributed by atoms with E-state index in [1.165, 1.54) is 10.6 Å². The summed E-state index contributed by atoms with van der Waals surface area (Å²) >= 11 is 0. The summed E-state index contributed by atoms with van der Waals surface area (Å²) in [6.07, 6.45) is 1.87. The second kappa shape index (κ2) is 8.79. The van der Waals surface area contributed by atoms with Gasteiger partial charge in [0, 0.05) is 30.7 Å². The molecule has 0 saturated heterocycles. The molecule has 1 fully saturated rings. The predicted molar refractivity (Wildman–Crippen MR) is 108 cm³/mol. The van der Waals surface area contributed by atoms with Crippen molar-refractivity contribution < 1.29 is 21.6 Å². The number of hydrogen-bond donors (Lipinski definition) is 2. The quantitative estimate of drug-likeness (QED) is 0.686. The van der Waals surface area contributed by atoms with Crippen LogP contribution in [-0.2, 0) is 16.2 Å². The largest absolute Gasteiger partial charge is 0.418 e. The average Bonchev–Trinajstić information content (AvgIpc) is 3.21. The summed E-state index contributed by atoms with van der Waals surface area (Å²) in [5.74, 6) is 0.366. The lowest BCUT2D eigenvalue weighted by Crippen LogP contribution is -2.39. The standard InChI is InChI=1S/C20H26F3N3O2S/c1-2-29(27,28)25-16-7-5-15(6-8-16)14-24-17-9-10-19(26-11-3-4-12-26)18(13-17)20(21,22)23/h3-4,9-13,15-16,24-25H,2,5-8,14H2,1H3/t15-,16-. The molecule has 1 aromatic heterocycles. The number of rotatable bonds is 7. The van der Waals surface area contributed by atoms with Crippen LogP contribution in [-0.4, -0.2) is 31.3 Å². The van der Waals surface area contributed by atoms with Gasteiger partial charge < -0.3 is 9.88 Å². The second-order valence-electron chi connectivity index (χ2n) is 7.44. The Labute approximate surface area is 169 Å². The number of nitrogens with zero attached hydrogens (tertiary/aromatic N) is 1. The van der Waals surface area contributed by atoms with Crippen molar-refractivity contribution in [1.29, 1.82) is 0 Å². The fourth-order valence-corrected chi connectivity index (χ4v) is 4.59. The Hall–Kier alpha value is -2.00. The molecule has 0 radical (unpaired) electrons. The van der Waals surface area contributed by atoms with E-state index in [1.807, 2.05) is 0 Å². The fourth-order valence-electron chi connectivity index (χ4n) is 3.68. The third kappa shape index (κ3) is 5.76. The summed E-state index contributed by atoms with van der Waals surface area (Å²) in [5.41, 5.74) is -0.157. The van der Waals surface area contributed by atoms with Gasteiger partial charge in [-0.2, -0.15) is 13.2 Å². The van der Waals surface area contributed by atoms with Crippen molar-refractivity contribution in [3.63, 3.8) is 0 Å². The van der Waals surface area contributed by atoms with Crippen LogP contribution in [0.5, 0.6) is 0 Å². The van der Waals surface area contributed by atoms with E-state index in [1.54, 1.807) is 37.5 Å². The van der Waals surface area contributed by atoms with Crippen molar-refractivity contribution in [3.05, 3.63) is 48.3 Å². The van der Waals surface area contributed by atoms with Gasteiger partial charge in [0.1, 0.15) is 0 Å². The maximum atomic E-state index is 13.5. The zero-order valence-corrected chi connectivity index (χ0v) is 17.1. The SMILES string of the molecule is CCS(=O)(=O)N[C@H]1CC[C@H](CNc2ccc(-n3cccc3)c(C(F)(F)F)c2)CC1. The number of aromatic nitrogens is 1. The Morgan fingerprint density at radius 3 is 2.34 bits per heavy atom. The smallest absolute Gasteiger partial charge is 0.385 e. The van der Waals surface area contributed by atoms with Crippen LogP contribution in [0.15, 0.2) is 42.7 Å². The number of alkyl halides is 3. The molecule has 1 aliphatic rings. The van der Waals surface area contributed by atoms with Gasteiger partial charge in [-0.15, -0.1) is 0 Å². The Kier molecular flexibility index (Phi) is 6.58. The van der Waals surface area contributed by atoms with Gasteiger partial charge in [0.2, 0.25) is 10.0 Å². The zero-order valence-electron chi connectivity index (χ0n) is 16.2. The van der Waals surface area contributed by atoms with Gasteiger partial charge in [-0.25, -0.2) is 13.1 Å². The number of halogens is 3. The van der Waals surface area contributed by atoms with Crippen LogP contribution >= 0.6 is 0 Å². The maximum Gasteiger partial charge on any atom is 0.418 e. The molecule has 1 heterocycles. The Bertz CT molecular complexity index is 904. The van der Waals surface area contributed by atoms with Crippen LogP contribution in [0.2, 0.25) is 0 Å². The van der Waals surface area contributed by atoms with Gasteiger partial charge in [-0.05, 0) is 68.9 Å². The number of anilines is 1. The Morgan fingerprint density at radius 2 is 1.76 bits per heavy atom. The molecular weight excluding hydrogens is 403 g/mol. The molecule has 0 amide bonds. The highest BCUT2D eigenvalue weighted by molar-refractivity contribution is 7.89. The molecule has 0 aliphatic heterocycles. The zero-order chi connectivity index (χ0) is 21.1. The molecule has 1 aliphatic carbocycles. The molecule has 160 valence electrons. The predicted octanol–water partition coefficient (Wildman–Crippen LogP) is 4.41. The van der Waals surface area contributed by atoms with E-state index < -0.39 is 21.8 Å². The van der Waals surface area contributed by atoms with Gasteiger partial charge in [0.15, 0.2) is 0 Å². The van der Waals surface area contributed by atoms with Crippen LogP contribution in [0.1, 0.15) is 38.2 Å². The van der Waals surface area contributed by atoms with Crippen molar-refractivity contribution in [1.82, 2.24) is 9.29 Å². The summed E-state index contributed by atoms with van der Waals surface area (Å²) in [6.45, 7) is 2.17. The third-order valence-electron chi connectivity index (χ3n) is 5.35. The molecule has 0 spiro atoms. The van der Waals surface area contributed by atoms with Crippen LogP contribution in [0, 0.1) is 5.92 Å². The first-order valence-electron chi connectivity index (χ1n) is 9.76. The minimum atomic E-state index is -4.45. The normalized spacial score (nSPS) is 20.6. The molecular formula is C20H26F3N3O2S. The summed E-state index contributed by atoms with van der Waals surface area (Å²) < 4.78 is 68.1. The van der Waals surface area contributed by atoms with E-state index in [4.69, 9.17) is 0 Å². The number of nitrogens with one attached hydrogen (secondary N) is 2. The molecule has 29 heavy (non-hydrogen) atoms. The molecule has 0 atom stereocenters. The van der Waals surface area contributed by atoms with Gasteiger partial charge >= 0.3 is 6.18 Å². The highest BCUT2D eigenvalue weighted by Crippen LogP contribution is 2.36. The molecule has 2 aromatic rings. The van der Waals surface area contributed by atoms with Crippen LogP contribution in [0.25, 0.3) is 5.69 Å². The van der Waals surface area contributed by atoms with Gasteiger partial charge in [-0.1, -0.05) is 0 Å². The summed E-state index contributed by atoms with van der Waals surface area (Å²) in [6, 6.07) is 7.60. The molecule has 1 saturated carbocycles. The molecule has 3 rings (SSSR count). The first kappa shape index (κ1) is 21.7. The highest BCUT2D eigenvalue weighted by Gasteiger charge is 2.34. The van der Waals surface area contributed by atoms with Crippen LogP contribution in [0.3, 0.4) is 0 Å². The molecule has 2 N–H and O–H groups in total. The first-order valence-corrected chi connectivity index (χ1v) is 11.4. The van der Waals surface area contributed by atoms with E-state index in [2.05, 4.69) is 10.0 Å². The van der Waals surface area contributed by atoms with E-state index in [-0.39, 0.29) is 17.5 Å². The highest BCUT2D eigenvalue weighted by atomic mass is 32.2. The third-order valence-corrected chi connectivity index (χ3v) is 6.80. The van der Waals surface area contributed by atoms with Crippen LogP contribution < -0.4 is 10.0 Å². The van der Waals surface area contributed by atoms with E-state index in [0.717, 1.165) is 31.7 Å². The lowest BCUT2D eigenvalue weighted by Gasteiger charge is -2.29. The molecule has 9 heteroatoms. The summed E-state index contributed by atoms with van der Waals surface area (Å²) in [4.78, 5) is 0. The van der Waals surface area contributed by atoms with Crippen molar-refractivity contribution in [2.45, 2.75) is 44.8 Å². The van der Waals surface area contributed by atoms with E-state index in [0.29, 0.717) is 18.2 Å². The summed E-state index contributed by atoms with van der Waals surface area (Å²) in [5, 5.41) is 3.13. The van der Waals surface area contributed by atoms with Crippen LogP contribution in [0.4, 0.5) is 18.9 Å². The average molecular weight is 430 g/mol. The van der Waals surface area contributed by atoms with E-state index in [9.17, 15) is 21.6 Å². The van der Waals surface area contributed by atoms with Gasteiger partial charge in [0.05, 0.1) is 17.0 Å². The minimum absolute atomic E-state index is 0.0473. The second-order valence-corrected chi connectivity index (χ2v) is 9.48. The Balaban J connectivity index is 1.60. The minimum Gasteiger partial charge on any atom is -0.385 e. The first-order chi connectivity index (χ1) is 13.7. The fraction of sp³-hybridized carbons (Fsp3) is 0.500.